The van der Waals surface area contributed by atoms with E-state index in [1.165, 1.54) is 40.7 Å². The number of amides is 1. The Labute approximate surface area is 229 Å². The normalized spacial score (nSPS) is 15.4. The Morgan fingerprint density at radius 1 is 0.897 bits per heavy atom. The maximum absolute atomic E-state index is 12.7. The smallest absolute Gasteiger partial charge is 0.258 e. The minimum Gasteiger partial charge on any atom is -0.484 e. The molecule has 1 aliphatic rings. The average molecular weight is 574 g/mol. The van der Waals surface area contributed by atoms with Crippen LogP contribution in [0.4, 0.5) is 0 Å². The van der Waals surface area contributed by atoms with E-state index in [4.69, 9.17) is 9.47 Å². The van der Waals surface area contributed by atoms with Crippen molar-refractivity contribution in [2.75, 3.05) is 32.9 Å². The van der Waals surface area contributed by atoms with Gasteiger partial charge in [0.05, 0.1) is 23.0 Å². The van der Waals surface area contributed by atoms with Gasteiger partial charge in [0.1, 0.15) is 5.75 Å². The third kappa shape index (κ3) is 7.64. The molecule has 208 valence electrons. The molecule has 4 rings (SSSR count). The zero-order chi connectivity index (χ0) is 27.9. The van der Waals surface area contributed by atoms with Gasteiger partial charge in [-0.1, -0.05) is 42.5 Å². The summed E-state index contributed by atoms with van der Waals surface area (Å²) < 4.78 is 65.6. The van der Waals surface area contributed by atoms with Crippen LogP contribution in [0, 0.1) is 0 Å². The van der Waals surface area contributed by atoms with Crippen molar-refractivity contribution in [1.82, 2.24) is 14.3 Å². The van der Waals surface area contributed by atoms with Crippen molar-refractivity contribution in [1.29, 1.82) is 0 Å². The summed E-state index contributed by atoms with van der Waals surface area (Å²) in [5.74, 6) is -0.0343. The molecule has 3 aromatic rings. The van der Waals surface area contributed by atoms with Crippen LogP contribution in [-0.2, 0) is 36.1 Å². The molecule has 10 nitrogen and oxygen atoms in total. The standard InChI is InChI=1S/C27H31N3O7S2/c1-21(23-5-3-2-4-6-23)29-38(32,33)25-13-9-24(10-14-25)37-20-27(31)28-19-22-7-11-26(12-8-22)39(34,35)30-15-17-36-18-16-30/h2-14,21,29H,15-20H2,1H3,(H,28,31). The lowest BCUT2D eigenvalue weighted by atomic mass is 10.1. The van der Waals surface area contributed by atoms with Gasteiger partial charge < -0.3 is 14.8 Å². The maximum atomic E-state index is 12.7. The molecular weight excluding hydrogens is 542 g/mol. The van der Waals surface area contributed by atoms with E-state index in [1.54, 1.807) is 19.1 Å². The fourth-order valence-corrected chi connectivity index (χ4v) is 6.58. The molecule has 1 aliphatic heterocycles. The second-order valence-electron chi connectivity index (χ2n) is 8.95. The van der Waals surface area contributed by atoms with Crippen LogP contribution in [0.25, 0.3) is 0 Å². The van der Waals surface area contributed by atoms with Gasteiger partial charge in [-0.05, 0) is 54.4 Å². The van der Waals surface area contributed by atoms with Gasteiger partial charge in [-0.15, -0.1) is 0 Å². The Morgan fingerprint density at radius 3 is 2.15 bits per heavy atom. The van der Waals surface area contributed by atoms with Crippen molar-refractivity contribution in [3.63, 3.8) is 0 Å². The molecule has 3 aromatic carbocycles. The molecule has 0 saturated carbocycles. The van der Waals surface area contributed by atoms with Crippen molar-refractivity contribution in [3.05, 3.63) is 90.0 Å². The van der Waals surface area contributed by atoms with Gasteiger partial charge >= 0.3 is 0 Å². The van der Waals surface area contributed by atoms with Gasteiger partial charge in [0.2, 0.25) is 20.0 Å². The maximum Gasteiger partial charge on any atom is 0.258 e. The van der Waals surface area contributed by atoms with Crippen LogP contribution in [0.5, 0.6) is 5.75 Å². The highest BCUT2D eigenvalue weighted by atomic mass is 32.2. The molecule has 1 heterocycles. The zero-order valence-electron chi connectivity index (χ0n) is 21.4. The first-order valence-electron chi connectivity index (χ1n) is 12.4. The lowest BCUT2D eigenvalue weighted by Crippen LogP contribution is -2.40. The van der Waals surface area contributed by atoms with E-state index in [1.807, 2.05) is 30.3 Å². The molecule has 1 fully saturated rings. The highest BCUT2D eigenvalue weighted by Gasteiger charge is 2.26. The molecule has 2 N–H and O–H groups in total. The van der Waals surface area contributed by atoms with Gasteiger partial charge in [-0.2, -0.15) is 4.31 Å². The number of ether oxygens (including phenoxy) is 2. The molecule has 0 aliphatic carbocycles. The first kappa shape index (κ1) is 28.7. The summed E-state index contributed by atoms with van der Waals surface area (Å²) in [4.78, 5) is 12.5. The Hall–Kier alpha value is -3.29. The molecule has 1 atom stereocenters. The number of benzene rings is 3. The van der Waals surface area contributed by atoms with Crippen LogP contribution in [-0.4, -0.2) is 60.0 Å². The van der Waals surface area contributed by atoms with Gasteiger partial charge in [-0.25, -0.2) is 21.6 Å². The van der Waals surface area contributed by atoms with E-state index in [0.717, 1.165) is 11.1 Å². The minimum atomic E-state index is -3.74. The summed E-state index contributed by atoms with van der Waals surface area (Å²) in [5.41, 5.74) is 1.58. The van der Waals surface area contributed by atoms with E-state index in [2.05, 4.69) is 10.0 Å². The van der Waals surface area contributed by atoms with Gasteiger partial charge in [0.25, 0.3) is 5.91 Å². The molecule has 0 radical (unpaired) electrons. The quantitative estimate of drug-likeness (QED) is 0.360. The lowest BCUT2D eigenvalue weighted by molar-refractivity contribution is -0.123. The number of hydrogen-bond donors (Lipinski definition) is 2. The van der Waals surface area contributed by atoms with Crippen molar-refractivity contribution in [3.8, 4) is 5.75 Å². The molecule has 1 unspecified atom stereocenters. The number of sulfonamides is 2. The van der Waals surface area contributed by atoms with Gasteiger partial charge in [0.15, 0.2) is 6.61 Å². The molecule has 1 amide bonds. The number of nitrogens with one attached hydrogen (secondary N) is 2. The molecule has 0 bridgehead atoms. The molecule has 12 heteroatoms. The van der Waals surface area contributed by atoms with Crippen LogP contribution >= 0.6 is 0 Å². The summed E-state index contributed by atoms with van der Waals surface area (Å²) in [6.45, 7) is 3.10. The monoisotopic (exact) mass is 573 g/mol. The van der Waals surface area contributed by atoms with Crippen LogP contribution in [0.1, 0.15) is 24.1 Å². The van der Waals surface area contributed by atoms with Gasteiger partial charge in [-0.3, -0.25) is 4.79 Å². The van der Waals surface area contributed by atoms with Crippen LogP contribution in [0.15, 0.2) is 88.7 Å². The molecule has 39 heavy (non-hydrogen) atoms. The highest BCUT2D eigenvalue weighted by molar-refractivity contribution is 7.89. The predicted octanol–water partition coefficient (Wildman–Crippen LogP) is 2.44. The average Bonchev–Trinajstić information content (AvgIpc) is 2.96. The summed E-state index contributed by atoms with van der Waals surface area (Å²) in [6, 6.07) is 21.0. The molecule has 0 spiro atoms. The number of hydrogen-bond acceptors (Lipinski definition) is 7. The van der Waals surface area contributed by atoms with Crippen LogP contribution in [0.3, 0.4) is 0 Å². The second kappa shape index (κ2) is 12.7. The molecular formula is C27H31N3O7S2. The number of carbonyl (C=O) groups excluding carboxylic acids is 1. The van der Waals surface area contributed by atoms with Crippen LogP contribution in [0.2, 0.25) is 0 Å². The Morgan fingerprint density at radius 2 is 1.51 bits per heavy atom. The van der Waals surface area contributed by atoms with Crippen molar-refractivity contribution in [2.45, 2.75) is 29.3 Å². The fraction of sp³-hybridized carbons (Fsp3) is 0.296. The topological polar surface area (TPSA) is 131 Å². The van der Waals surface area contributed by atoms with Crippen molar-refractivity contribution >= 4 is 26.0 Å². The molecule has 1 saturated heterocycles. The molecule has 0 aromatic heterocycles. The summed E-state index contributed by atoms with van der Waals surface area (Å²) in [6.07, 6.45) is 0. The van der Waals surface area contributed by atoms with E-state index >= 15 is 0 Å². The summed E-state index contributed by atoms with van der Waals surface area (Å²) >= 11 is 0. The zero-order valence-corrected chi connectivity index (χ0v) is 23.1. The van der Waals surface area contributed by atoms with Crippen molar-refractivity contribution < 1.29 is 31.1 Å². The van der Waals surface area contributed by atoms with Gasteiger partial charge in [0, 0.05) is 25.7 Å². The minimum absolute atomic E-state index is 0.0844. The Balaban J connectivity index is 1.24. The van der Waals surface area contributed by atoms with E-state index in [0.29, 0.717) is 32.1 Å². The number of carbonyl (C=O) groups is 1. The number of nitrogens with zero attached hydrogens (tertiary/aromatic N) is 1. The van der Waals surface area contributed by atoms with Crippen molar-refractivity contribution in [2.24, 2.45) is 0 Å². The summed E-state index contributed by atoms with van der Waals surface area (Å²) in [7, 11) is -7.32. The highest BCUT2D eigenvalue weighted by Crippen LogP contribution is 2.20. The first-order valence-corrected chi connectivity index (χ1v) is 15.3. The number of rotatable bonds is 11. The predicted molar refractivity (Wildman–Crippen MR) is 145 cm³/mol. The third-order valence-corrected chi connectivity index (χ3v) is 9.63. The number of morpholine rings is 1. The summed E-state index contributed by atoms with van der Waals surface area (Å²) in [5, 5.41) is 2.72. The van der Waals surface area contributed by atoms with E-state index < -0.39 is 26.1 Å². The van der Waals surface area contributed by atoms with E-state index in [-0.39, 0.29) is 28.8 Å². The Kier molecular flexibility index (Phi) is 9.36. The third-order valence-electron chi connectivity index (χ3n) is 6.16. The Bertz CT molecular complexity index is 1460. The largest absolute Gasteiger partial charge is 0.484 e. The second-order valence-corrected chi connectivity index (χ2v) is 12.6. The first-order chi connectivity index (χ1) is 18.6. The fourth-order valence-electron chi connectivity index (χ4n) is 3.94. The van der Waals surface area contributed by atoms with Crippen LogP contribution < -0.4 is 14.8 Å². The SMILES string of the molecule is CC(NS(=O)(=O)c1ccc(OCC(=O)NCc2ccc(S(=O)(=O)N3CCOCC3)cc2)cc1)c1ccccc1. The lowest BCUT2D eigenvalue weighted by Gasteiger charge is -2.26. The van der Waals surface area contributed by atoms with E-state index in [9.17, 15) is 21.6 Å².